The molecule has 1 aromatic rings. The van der Waals surface area contributed by atoms with Crippen molar-refractivity contribution in [2.75, 3.05) is 13.7 Å². The second-order valence-electron chi connectivity index (χ2n) is 4.21. The fourth-order valence-corrected chi connectivity index (χ4v) is 1.87. The molecule has 0 saturated carbocycles. The Morgan fingerprint density at radius 3 is 2.37 bits per heavy atom. The van der Waals surface area contributed by atoms with Gasteiger partial charge in [0.15, 0.2) is 0 Å². The number of likely N-dealkylation sites (N-methyl/N-ethyl adjacent to an activating group) is 1. The van der Waals surface area contributed by atoms with Crippen molar-refractivity contribution in [3.05, 3.63) is 35.1 Å². The van der Waals surface area contributed by atoms with E-state index in [1.54, 1.807) is 6.92 Å². The molecule has 1 rings (SSSR count). The van der Waals surface area contributed by atoms with Gasteiger partial charge in [0.2, 0.25) is 0 Å². The molecule has 2 atom stereocenters. The first-order valence-electron chi connectivity index (χ1n) is 5.94. The lowest BCUT2D eigenvalue weighted by Gasteiger charge is -2.24. The third-order valence-electron chi connectivity index (χ3n) is 2.92. The molecule has 1 N–H and O–H groups in total. The first-order chi connectivity index (χ1) is 8.81. The zero-order valence-electron chi connectivity index (χ0n) is 11.0. The van der Waals surface area contributed by atoms with E-state index in [1.165, 1.54) is 13.2 Å². The van der Waals surface area contributed by atoms with Crippen LogP contribution in [0.15, 0.2) is 18.2 Å². The van der Waals surface area contributed by atoms with Gasteiger partial charge in [0.05, 0.1) is 17.7 Å². The molecule has 0 aliphatic carbocycles. The van der Waals surface area contributed by atoms with Crippen LogP contribution in [0.3, 0.4) is 0 Å². The van der Waals surface area contributed by atoms with Gasteiger partial charge < -0.3 is 10.1 Å². The Labute approximate surface area is 109 Å². The molecule has 0 amide bonds. The van der Waals surface area contributed by atoms with Crippen LogP contribution >= 0.6 is 0 Å². The monoisotopic (exact) mass is 279 g/mol. The lowest BCUT2D eigenvalue weighted by molar-refractivity contribution is -0.140. The van der Waals surface area contributed by atoms with Gasteiger partial charge in [-0.3, -0.25) is 0 Å². The van der Waals surface area contributed by atoms with Crippen molar-refractivity contribution in [3.63, 3.8) is 0 Å². The van der Waals surface area contributed by atoms with Gasteiger partial charge in [0, 0.05) is 7.11 Å². The maximum absolute atomic E-state index is 13.5. The third-order valence-corrected chi connectivity index (χ3v) is 2.92. The van der Waals surface area contributed by atoms with Crippen molar-refractivity contribution in [1.82, 2.24) is 5.32 Å². The van der Waals surface area contributed by atoms with Crippen LogP contribution in [0.1, 0.15) is 31.0 Å². The molecule has 0 aromatic heterocycles. The van der Waals surface area contributed by atoms with Gasteiger partial charge in [-0.1, -0.05) is 13.0 Å². The van der Waals surface area contributed by atoms with Gasteiger partial charge in [0.1, 0.15) is 5.82 Å². The average Bonchev–Trinajstić information content (AvgIpc) is 2.33. The lowest BCUT2D eigenvalue weighted by Crippen LogP contribution is -2.31. The molecular formula is C13H17F4NO. The molecule has 2 unspecified atom stereocenters. The highest BCUT2D eigenvalue weighted by Crippen LogP contribution is 2.33. The summed E-state index contributed by atoms with van der Waals surface area (Å²) in [5.41, 5.74) is -0.821. The van der Waals surface area contributed by atoms with E-state index in [2.05, 4.69) is 5.32 Å². The third kappa shape index (κ3) is 3.91. The van der Waals surface area contributed by atoms with E-state index in [4.69, 9.17) is 4.74 Å². The number of alkyl halides is 3. The summed E-state index contributed by atoms with van der Waals surface area (Å²) in [5.74, 6) is -1.27. The summed E-state index contributed by atoms with van der Waals surface area (Å²) in [6.07, 6.45) is -4.96. The zero-order valence-corrected chi connectivity index (χ0v) is 11.0. The molecule has 2 nitrogen and oxygen atoms in total. The van der Waals surface area contributed by atoms with Crippen molar-refractivity contribution in [2.24, 2.45) is 0 Å². The summed E-state index contributed by atoms with van der Waals surface area (Å²) in [4.78, 5) is 0. The Hall–Kier alpha value is -1.14. The Bertz CT molecular complexity index is 420. The van der Waals surface area contributed by atoms with E-state index in [1.807, 2.05) is 6.92 Å². The van der Waals surface area contributed by atoms with E-state index in [0.717, 1.165) is 12.1 Å². The van der Waals surface area contributed by atoms with Crippen molar-refractivity contribution in [1.29, 1.82) is 0 Å². The predicted octanol–water partition coefficient (Wildman–Crippen LogP) is 3.53. The number of methoxy groups -OCH3 is 1. The van der Waals surface area contributed by atoms with Crippen LogP contribution in [0, 0.1) is 5.82 Å². The Morgan fingerprint density at radius 1 is 1.32 bits per heavy atom. The lowest BCUT2D eigenvalue weighted by atomic mass is 10.00. The molecule has 0 aliphatic heterocycles. The van der Waals surface area contributed by atoms with Crippen molar-refractivity contribution in [2.45, 2.75) is 32.2 Å². The fourth-order valence-electron chi connectivity index (χ4n) is 1.87. The quantitative estimate of drug-likeness (QED) is 0.833. The van der Waals surface area contributed by atoms with Crippen LogP contribution in [0.2, 0.25) is 0 Å². The molecule has 0 saturated heterocycles. The van der Waals surface area contributed by atoms with Crippen molar-refractivity contribution >= 4 is 0 Å². The summed E-state index contributed by atoms with van der Waals surface area (Å²) < 4.78 is 56.1. The first kappa shape index (κ1) is 15.9. The van der Waals surface area contributed by atoms with Gasteiger partial charge in [-0.2, -0.15) is 13.2 Å². The number of ether oxygens (including phenoxy) is 1. The molecular weight excluding hydrogens is 262 g/mol. The topological polar surface area (TPSA) is 21.3 Å². The van der Waals surface area contributed by atoms with E-state index < -0.39 is 17.6 Å². The fraction of sp³-hybridized carbons (Fsp3) is 0.538. The number of hydrogen-bond acceptors (Lipinski definition) is 2. The maximum atomic E-state index is 13.5. The highest BCUT2D eigenvalue weighted by Gasteiger charge is 2.34. The second-order valence-corrected chi connectivity index (χ2v) is 4.21. The largest absolute Gasteiger partial charge is 0.419 e. The van der Waals surface area contributed by atoms with Crippen LogP contribution in [0.5, 0.6) is 0 Å². The highest BCUT2D eigenvalue weighted by atomic mass is 19.4. The zero-order chi connectivity index (χ0) is 14.6. The smallest absolute Gasteiger partial charge is 0.380 e. The molecule has 0 heterocycles. The number of halogens is 4. The van der Waals surface area contributed by atoms with Crippen LogP contribution < -0.4 is 5.32 Å². The normalized spacial score (nSPS) is 15.3. The number of benzene rings is 1. The summed E-state index contributed by atoms with van der Waals surface area (Å²) in [6, 6.07) is 2.59. The van der Waals surface area contributed by atoms with E-state index in [0.29, 0.717) is 12.1 Å². The van der Waals surface area contributed by atoms with E-state index >= 15 is 0 Å². The van der Waals surface area contributed by atoms with Gasteiger partial charge in [-0.25, -0.2) is 4.39 Å². The Balaban J connectivity index is 3.10. The molecule has 0 fully saturated rings. The summed E-state index contributed by atoms with van der Waals surface area (Å²) >= 11 is 0. The standard InChI is InChI=1S/C13H17F4NO/c1-4-18-12(8(2)19-3)9-5-6-10(11(14)7-9)13(15,16)17/h5-8,12,18H,4H2,1-3H3. The number of nitrogens with one attached hydrogen (secondary N) is 1. The highest BCUT2D eigenvalue weighted by molar-refractivity contribution is 5.29. The predicted molar refractivity (Wildman–Crippen MR) is 64.3 cm³/mol. The van der Waals surface area contributed by atoms with Crippen LogP contribution in [0.4, 0.5) is 17.6 Å². The maximum Gasteiger partial charge on any atom is 0.419 e. The van der Waals surface area contributed by atoms with Gasteiger partial charge in [0.25, 0.3) is 0 Å². The van der Waals surface area contributed by atoms with Crippen molar-refractivity contribution < 1.29 is 22.3 Å². The Morgan fingerprint density at radius 2 is 1.95 bits per heavy atom. The minimum atomic E-state index is -4.68. The molecule has 0 radical (unpaired) electrons. The molecule has 0 aliphatic rings. The molecule has 108 valence electrons. The average molecular weight is 279 g/mol. The van der Waals surface area contributed by atoms with Gasteiger partial charge in [-0.15, -0.1) is 0 Å². The van der Waals surface area contributed by atoms with Gasteiger partial charge >= 0.3 is 6.18 Å². The summed E-state index contributed by atoms with van der Waals surface area (Å²) in [5, 5.41) is 3.06. The van der Waals surface area contributed by atoms with Crippen LogP contribution in [-0.2, 0) is 10.9 Å². The molecule has 0 spiro atoms. The van der Waals surface area contributed by atoms with Crippen LogP contribution in [-0.4, -0.2) is 19.8 Å². The van der Waals surface area contributed by atoms with Gasteiger partial charge in [-0.05, 0) is 31.2 Å². The van der Waals surface area contributed by atoms with E-state index in [9.17, 15) is 17.6 Å². The first-order valence-corrected chi connectivity index (χ1v) is 5.94. The minimum Gasteiger partial charge on any atom is -0.380 e. The summed E-state index contributed by atoms with van der Waals surface area (Å²) in [6.45, 7) is 4.22. The Kier molecular flexibility index (Phi) is 5.31. The molecule has 19 heavy (non-hydrogen) atoms. The minimum absolute atomic E-state index is 0.281. The summed E-state index contributed by atoms with van der Waals surface area (Å²) in [7, 11) is 1.50. The van der Waals surface area contributed by atoms with E-state index in [-0.39, 0.29) is 12.1 Å². The number of hydrogen-bond donors (Lipinski definition) is 1. The molecule has 1 aromatic carbocycles. The van der Waals surface area contributed by atoms with Crippen LogP contribution in [0.25, 0.3) is 0 Å². The molecule has 6 heteroatoms. The number of rotatable bonds is 5. The SMILES string of the molecule is CCNC(c1ccc(C(F)(F)F)c(F)c1)C(C)OC. The molecule has 0 bridgehead atoms. The second kappa shape index (κ2) is 6.34. The van der Waals surface area contributed by atoms with Crippen molar-refractivity contribution in [3.8, 4) is 0 Å².